The lowest BCUT2D eigenvalue weighted by Crippen LogP contribution is -2.21. The topological polar surface area (TPSA) is 114 Å². The zero-order valence-corrected chi connectivity index (χ0v) is 19.0. The average Bonchev–Trinajstić information content (AvgIpc) is 2.76. The molecule has 3 rings (SSSR count). The van der Waals surface area contributed by atoms with Crippen molar-refractivity contribution in [3.8, 4) is 17.2 Å². The number of rotatable bonds is 8. The molecule has 32 heavy (non-hydrogen) atoms. The molecule has 0 aliphatic rings. The highest BCUT2D eigenvalue weighted by atomic mass is 35.5. The van der Waals surface area contributed by atoms with E-state index < -0.39 is 22.5 Å². The second-order valence-electron chi connectivity index (χ2n) is 6.40. The number of para-hydroxylation sites is 2. The average molecular weight is 497 g/mol. The number of methoxy groups -OCH3 is 1. The maximum atomic E-state index is 12.8. The Morgan fingerprint density at radius 1 is 1.00 bits per heavy atom. The van der Waals surface area contributed by atoms with Gasteiger partial charge in [0.1, 0.15) is 17.2 Å². The van der Waals surface area contributed by atoms with E-state index in [0.717, 1.165) is 12.1 Å². The van der Waals surface area contributed by atoms with Crippen molar-refractivity contribution < 1.29 is 27.8 Å². The molecule has 0 aliphatic heterocycles. The Hall–Kier alpha value is -3.14. The molecule has 1 amide bonds. The van der Waals surface area contributed by atoms with E-state index in [1.165, 1.54) is 31.4 Å². The lowest BCUT2D eigenvalue weighted by molar-refractivity contribution is -0.118. The predicted molar refractivity (Wildman–Crippen MR) is 122 cm³/mol. The van der Waals surface area contributed by atoms with Crippen LogP contribution in [0.5, 0.6) is 17.2 Å². The smallest absolute Gasteiger partial charge is 0.262 e. The van der Waals surface area contributed by atoms with Gasteiger partial charge in [-0.2, -0.15) is 0 Å². The van der Waals surface area contributed by atoms with Crippen molar-refractivity contribution in [3.05, 3.63) is 70.7 Å². The fourth-order valence-electron chi connectivity index (χ4n) is 2.63. The number of phenolic OH excluding ortho intramolecular Hbond substituents is 1. The normalized spacial score (nSPS) is 11.0. The van der Waals surface area contributed by atoms with Gasteiger partial charge in [0.05, 0.1) is 28.4 Å². The van der Waals surface area contributed by atoms with E-state index >= 15 is 0 Å². The van der Waals surface area contributed by atoms with Crippen LogP contribution in [0, 0.1) is 0 Å². The molecule has 3 aromatic carbocycles. The predicted octanol–water partition coefficient (Wildman–Crippen LogP) is 4.53. The van der Waals surface area contributed by atoms with E-state index in [-0.39, 0.29) is 32.8 Å². The van der Waals surface area contributed by atoms with Crippen molar-refractivity contribution in [3.63, 3.8) is 0 Å². The minimum absolute atomic E-state index is 0.112. The van der Waals surface area contributed by atoms with Gasteiger partial charge < -0.3 is 19.9 Å². The first-order valence-electron chi connectivity index (χ1n) is 9.06. The number of halogens is 2. The van der Waals surface area contributed by atoms with Gasteiger partial charge in [-0.3, -0.25) is 9.52 Å². The van der Waals surface area contributed by atoms with E-state index in [2.05, 4.69) is 10.0 Å². The van der Waals surface area contributed by atoms with Crippen molar-refractivity contribution in [2.45, 2.75) is 4.90 Å². The molecule has 0 unspecified atom stereocenters. The first-order valence-corrected chi connectivity index (χ1v) is 11.3. The van der Waals surface area contributed by atoms with Gasteiger partial charge in [0.2, 0.25) is 0 Å². The molecule has 0 bridgehead atoms. The Balaban J connectivity index is 1.74. The fraction of sp³-hybridized carbons (Fsp3) is 0.0952. The van der Waals surface area contributed by atoms with Crippen LogP contribution in [0.2, 0.25) is 10.0 Å². The maximum absolute atomic E-state index is 12.8. The molecule has 0 saturated carbocycles. The van der Waals surface area contributed by atoms with Crippen LogP contribution < -0.4 is 19.5 Å². The summed E-state index contributed by atoms with van der Waals surface area (Å²) >= 11 is 11.9. The molecule has 168 valence electrons. The molecule has 0 aliphatic carbocycles. The lowest BCUT2D eigenvalue weighted by Gasteiger charge is -2.14. The van der Waals surface area contributed by atoms with E-state index in [1.807, 2.05) is 0 Å². The molecule has 0 fully saturated rings. The van der Waals surface area contributed by atoms with Gasteiger partial charge in [0, 0.05) is 11.1 Å². The van der Waals surface area contributed by atoms with Gasteiger partial charge in [-0.15, -0.1) is 0 Å². The Morgan fingerprint density at radius 2 is 1.75 bits per heavy atom. The number of anilines is 2. The van der Waals surface area contributed by atoms with E-state index in [9.17, 15) is 18.3 Å². The highest BCUT2D eigenvalue weighted by Gasteiger charge is 2.19. The van der Waals surface area contributed by atoms with Crippen LogP contribution in [-0.2, 0) is 14.8 Å². The highest BCUT2D eigenvalue weighted by Crippen LogP contribution is 2.31. The molecular formula is C21H18Cl2N2O6S. The molecule has 0 radical (unpaired) electrons. The Labute approximate surface area is 194 Å². The zero-order chi connectivity index (χ0) is 23.3. The Kier molecular flexibility index (Phi) is 7.34. The number of sulfonamides is 1. The van der Waals surface area contributed by atoms with Gasteiger partial charge in [0.15, 0.2) is 6.61 Å². The third-order valence-electron chi connectivity index (χ3n) is 4.16. The Bertz CT molecular complexity index is 1250. The quantitative estimate of drug-likeness (QED) is 0.394. The number of ether oxygens (including phenoxy) is 2. The van der Waals surface area contributed by atoms with Crippen LogP contribution in [0.3, 0.4) is 0 Å². The van der Waals surface area contributed by atoms with Gasteiger partial charge in [-0.1, -0.05) is 35.3 Å². The van der Waals surface area contributed by atoms with Crippen LogP contribution in [0.15, 0.2) is 65.6 Å². The highest BCUT2D eigenvalue weighted by molar-refractivity contribution is 7.92. The zero-order valence-electron chi connectivity index (χ0n) is 16.6. The third-order valence-corrected chi connectivity index (χ3v) is 6.07. The number of aromatic hydroxyl groups is 1. The molecule has 0 heterocycles. The van der Waals surface area contributed by atoms with Gasteiger partial charge in [-0.05, 0) is 42.5 Å². The lowest BCUT2D eigenvalue weighted by atomic mass is 10.3. The van der Waals surface area contributed by atoms with E-state index in [4.69, 9.17) is 32.7 Å². The van der Waals surface area contributed by atoms with Crippen LogP contribution in [0.1, 0.15) is 0 Å². The maximum Gasteiger partial charge on any atom is 0.262 e. The summed E-state index contributed by atoms with van der Waals surface area (Å²) in [5.41, 5.74) is 0.124. The van der Waals surface area contributed by atoms with Crippen LogP contribution >= 0.6 is 23.2 Å². The summed E-state index contributed by atoms with van der Waals surface area (Å²) in [4.78, 5) is 12.1. The van der Waals surface area contributed by atoms with Crippen molar-refractivity contribution >= 4 is 50.5 Å². The number of phenols is 1. The largest absolute Gasteiger partial charge is 0.506 e. The molecule has 0 saturated heterocycles. The molecule has 8 nitrogen and oxygen atoms in total. The number of hydrogen-bond donors (Lipinski definition) is 3. The molecule has 3 N–H and O–H groups in total. The summed E-state index contributed by atoms with van der Waals surface area (Å²) in [7, 11) is -2.63. The van der Waals surface area contributed by atoms with E-state index in [0.29, 0.717) is 10.8 Å². The van der Waals surface area contributed by atoms with Gasteiger partial charge in [-0.25, -0.2) is 8.42 Å². The summed E-state index contributed by atoms with van der Waals surface area (Å²) in [6.45, 7) is -0.448. The molecule has 0 aromatic heterocycles. The minimum Gasteiger partial charge on any atom is -0.506 e. The van der Waals surface area contributed by atoms with Crippen molar-refractivity contribution in [2.24, 2.45) is 0 Å². The van der Waals surface area contributed by atoms with Crippen molar-refractivity contribution in [1.82, 2.24) is 0 Å². The summed E-state index contributed by atoms with van der Waals surface area (Å²) in [5, 5.41) is 13.1. The number of carbonyl (C=O) groups excluding carboxylic acids is 1. The van der Waals surface area contributed by atoms with Gasteiger partial charge in [0.25, 0.3) is 15.9 Å². The molecule has 0 spiro atoms. The van der Waals surface area contributed by atoms with Gasteiger partial charge >= 0.3 is 0 Å². The molecule has 0 atom stereocenters. The third kappa shape index (κ3) is 5.76. The fourth-order valence-corrected chi connectivity index (χ4v) is 4.06. The molecular weight excluding hydrogens is 479 g/mol. The standard InChI is InChI=1S/C21H18Cl2N2O6S/c1-30-19-5-3-2-4-16(19)25-32(28,29)14-7-9-18(26)17(11-14)24-21(27)12-31-20-10-13(22)6-8-15(20)23/h2-11,25-26H,12H2,1H3,(H,24,27). The van der Waals surface area contributed by atoms with E-state index in [1.54, 1.807) is 24.3 Å². The SMILES string of the molecule is COc1ccccc1NS(=O)(=O)c1ccc(O)c(NC(=O)COc2cc(Cl)ccc2Cl)c1. The summed E-state index contributed by atoms with van der Waals surface area (Å²) < 4.78 is 38.5. The van der Waals surface area contributed by atoms with Crippen molar-refractivity contribution in [2.75, 3.05) is 23.8 Å². The summed E-state index contributed by atoms with van der Waals surface area (Å²) in [6.07, 6.45) is 0. The van der Waals surface area contributed by atoms with Crippen LogP contribution in [0.25, 0.3) is 0 Å². The van der Waals surface area contributed by atoms with Crippen LogP contribution in [-0.4, -0.2) is 33.1 Å². The molecule has 3 aromatic rings. The summed E-state index contributed by atoms with van der Waals surface area (Å²) in [5.74, 6) is -0.435. The number of hydrogen-bond acceptors (Lipinski definition) is 6. The number of carbonyl (C=O) groups is 1. The summed E-state index contributed by atoms with van der Waals surface area (Å²) in [6, 6.07) is 14.5. The monoisotopic (exact) mass is 496 g/mol. The first-order chi connectivity index (χ1) is 15.2. The first kappa shape index (κ1) is 23.5. The van der Waals surface area contributed by atoms with Crippen LogP contribution in [0.4, 0.5) is 11.4 Å². The van der Waals surface area contributed by atoms with Crippen molar-refractivity contribution in [1.29, 1.82) is 0 Å². The number of amides is 1. The Morgan fingerprint density at radius 3 is 2.50 bits per heavy atom. The second-order valence-corrected chi connectivity index (χ2v) is 8.92. The minimum atomic E-state index is -4.04. The molecule has 11 heteroatoms. The second kappa shape index (κ2) is 9.99. The number of benzene rings is 3. The number of nitrogens with one attached hydrogen (secondary N) is 2.